The molecule has 0 spiro atoms. The molecule has 0 radical (unpaired) electrons. The van der Waals surface area contributed by atoms with Gasteiger partial charge in [-0.1, -0.05) is 5.16 Å². The van der Waals surface area contributed by atoms with Crippen molar-refractivity contribution < 1.29 is 13.7 Å². The molecular weight excluding hydrogens is 352 g/mol. The third kappa shape index (κ3) is 3.29. The van der Waals surface area contributed by atoms with E-state index in [1.807, 2.05) is 35.6 Å². The van der Waals surface area contributed by atoms with E-state index in [2.05, 4.69) is 15.4 Å². The second-order valence-electron chi connectivity index (χ2n) is 6.62. The molecule has 1 atom stereocenters. The van der Waals surface area contributed by atoms with Crippen LogP contribution >= 0.6 is 11.3 Å². The molecule has 8 heteroatoms. The Morgan fingerprint density at radius 2 is 2.27 bits per heavy atom. The number of likely N-dealkylation sites (tertiary alicyclic amines) is 1. The summed E-state index contributed by atoms with van der Waals surface area (Å²) in [7, 11) is 0. The van der Waals surface area contributed by atoms with Crippen molar-refractivity contribution in [3.8, 4) is 11.5 Å². The van der Waals surface area contributed by atoms with Gasteiger partial charge in [-0.15, -0.1) is 10.2 Å². The molecule has 0 bridgehead atoms. The van der Waals surface area contributed by atoms with Crippen LogP contribution in [-0.4, -0.2) is 39.3 Å². The van der Waals surface area contributed by atoms with Crippen LogP contribution in [0, 0.1) is 13.8 Å². The summed E-state index contributed by atoms with van der Waals surface area (Å²) in [5.41, 5.74) is 2.60. The molecule has 1 aliphatic heterocycles. The summed E-state index contributed by atoms with van der Waals surface area (Å²) in [6.07, 6.45) is 2.19. The molecular formula is C18H20N4O3S. The zero-order valence-corrected chi connectivity index (χ0v) is 15.6. The summed E-state index contributed by atoms with van der Waals surface area (Å²) in [4.78, 5) is 14.6. The lowest BCUT2D eigenvalue weighted by Crippen LogP contribution is -2.40. The fourth-order valence-electron chi connectivity index (χ4n) is 3.32. The van der Waals surface area contributed by atoms with Crippen LogP contribution in [0.1, 0.15) is 41.7 Å². The molecule has 3 aromatic rings. The Labute approximate surface area is 155 Å². The molecule has 3 aromatic heterocycles. The molecule has 4 heterocycles. The molecule has 1 amide bonds. The monoisotopic (exact) mass is 372 g/mol. The van der Waals surface area contributed by atoms with Gasteiger partial charge in [0, 0.05) is 29.6 Å². The molecule has 4 rings (SSSR count). The Bertz CT molecular complexity index is 880. The number of nitrogens with zero attached hydrogens (tertiary/aromatic N) is 4. The predicted molar refractivity (Wildman–Crippen MR) is 95.8 cm³/mol. The number of carbonyl (C=O) groups is 1. The number of carbonyl (C=O) groups excluding carboxylic acids is 1. The van der Waals surface area contributed by atoms with Crippen molar-refractivity contribution in [2.75, 3.05) is 13.1 Å². The Balaban J connectivity index is 1.45. The maximum absolute atomic E-state index is 12.7. The Kier molecular flexibility index (Phi) is 4.58. The smallest absolute Gasteiger partial charge is 0.248 e. The fraction of sp³-hybridized carbons (Fsp3) is 0.444. The van der Waals surface area contributed by atoms with Gasteiger partial charge >= 0.3 is 0 Å². The Morgan fingerprint density at radius 1 is 1.38 bits per heavy atom. The zero-order valence-electron chi connectivity index (χ0n) is 14.8. The van der Waals surface area contributed by atoms with Crippen molar-refractivity contribution in [1.82, 2.24) is 20.3 Å². The van der Waals surface area contributed by atoms with Crippen LogP contribution in [0.5, 0.6) is 0 Å². The molecule has 1 saturated heterocycles. The third-order valence-electron chi connectivity index (χ3n) is 4.84. The highest BCUT2D eigenvalue weighted by Crippen LogP contribution is 2.29. The summed E-state index contributed by atoms with van der Waals surface area (Å²) < 4.78 is 11.0. The highest BCUT2D eigenvalue weighted by atomic mass is 32.1. The maximum atomic E-state index is 12.7. The van der Waals surface area contributed by atoms with Gasteiger partial charge in [0.2, 0.25) is 17.7 Å². The minimum Gasteiger partial charge on any atom is -0.420 e. The third-order valence-corrected chi connectivity index (χ3v) is 5.52. The van der Waals surface area contributed by atoms with Gasteiger partial charge in [0.1, 0.15) is 5.76 Å². The average molecular weight is 372 g/mol. The number of hydrogen-bond donors (Lipinski definition) is 0. The summed E-state index contributed by atoms with van der Waals surface area (Å²) in [6, 6.07) is 1.96. The first kappa shape index (κ1) is 17.0. The lowest BCUT2D eigenvalue weighted by Gasteiger charge is -2.31. The van der Waals surface area contributed by atoms with E-state index >= 15 is 0 Å². The van der Waals surface area contributed by atoms with Crippen LogP contribution in [0.3, 0.4) is 0 Å². The van der Waals surface area contributed by atoms with Gasteiger partial charge in [-0.05, 0) is 38.1 Å². The standard InChI is InChI=1S/C18H20N4O3S/c1-11-15(12(2)25-21-11)8-16(23)22-6-3-4-13(9-22)17-19-20-18(24-17)14-5-7-26-10-14/h5,7,10,13H,3-4,6,8-9H2,1-2H3/t13-/m0/s1. The van der Waals surface area contributed by atoms with Gasteiger partial charge < -0.3 is 13.8 Å². The number of aromatic nitrogens is 3. The lowest BCUT2D eigenvalue weighted by atomic mass is 9.97. The van der Waals surface area contributed by atoms with E-state index in [0.717, 1.165) is 36.2 Å². The molecule has 0 saturated carbocycles. The van der Waals surface area contributed by atoms with Gasteiger partial charge in [0.05, 0.1) is 18.0 Å². The summed E-state index contributed by atoms with van der Waals surface area (Å²) in [5, 5.41) is 16.3. The van der Waals surface area contributed by atoms with Crippen LogP contribution in [0.4, 0.5) is 0 Å². The molecule has 26 heavy (non-hydrogen) atoms. The minimum absolute atomic E-state index is 0.0808. The van der Waals surface area contributed by atoms with Gasteiger partial charge in [-0.25, -0.2) is 0 Å². The second kappa shape index (κ2) is 7.03. The summed E-state index contributed by atoms with van der Waals surface area (Å²) >= 11 is 1.59. The molecule has 0 unspecified atom stereocenters. The topological polar surface area (TPSA) is 85.3 Å². The van der Waals surface area contributed by atoms with Crippen LogP contribution in [0.25, 0.3) is 11.5 Å². The molecule has 0 aromatic carbocycles. The molecule has 136 valence electrons. The largest absolute Gasteiger partial charge is 0.420 e. The van der Waals surface area contributed by atoms with E-state index < -0.39 is 0 Å². The molecule has 1 fully saturated rings. The van der Waals surface area contributed by atoms with Gasteiger partial charge in [-0.3, -0.25) is 4.79 Å². The van der Waals surface area contributed by atoms with E-state index in [1.165, 1.54) is 0 Å². The predicted octanol–water partition coefficient (Wildman–Crippen LogP) is 3.35. The molecule has 0 N–H and O–H groups in total. The van der Waals surface area contributed by atoms with E-state index in [0.29, 0.717) is 30.5 Å². The fourth-order valence-corrected chi connectivity index (χ4v) is 3.95. The van der Waals surface area contributed by atoms with E-state index in [9.17, 15) is 4.79 Å². The summed E-state index contributed by atoms with van der Waals surface area (Å²) in [5.74, 6) is 2.03. The second-order valence-corrected chi connectivity index (χ2v) is 7.40. The average Bonchev–Trinajstić information content (AvgIpc) is 3.39. The van der Waals surface area contributed by atoms with Crippen molar-refractivity contribution in [1.29, 1.82) is 0 Å². The van der Waals surface area contributed by atoms with Crippen molar-refractivity contribution >= 4 is 17.2 Å². The van der Waals surface area contributed by atoms with Gasteiger partial charge in [-0.2, -0.15) is 11.3 Å². The molecule has 1 aliphatic rings. The number of amides is 1. The van der Waals surface area contributed by atoms with E-state index in [1.54, 1.807) is 11.3 Å². The highest BCUT2D eigenvalue weighted by Gasteiger charge is 2.29. The Hall–Kier alpha value is -2.48. The number of hydrogen-bond acceptors (Lipinski definition) is 7. The minimum atomic E-state index is 0.0808. The van der Waals surface area contributed by atoms with Crippen LogP contribution < -0.4 is 0 Å². The van der Waals surface area contributed by atoms with Gasteiger partial charge in [0.25, 0.3) is 0 Å². The summed E-state index contributed by atoms with van der Waals surface area (Å²) in [6.45, 7) is 5.06. The van der Waals surface area contributed by atoms with Crippen molar-refractivity contribution in [2.45, 2.75) is 39.0 Å². The number of rotatable bonds is 4. The first-order valence-corrected chi connectivity index (χ1v) is 9.61. The molecule has 0 aliphatic carbocycles. The van der Waals surface area contributed by atoms with Crippen LogP contribution in [-0.2, 0) is 11.2 Å². The molecule has 7 nitrogen and oxygen atoms in total. The highest BCUT2D eigenvalue weighted by molar-refractivity contribution is 7.08. The van der Waals surface area contributed by atoms with Crippen molar-refractivity contribution in [3.05, 3.63) is 39.7 Å². The lowest BCUT2D eigenvalue weighted by molar-refractivity contribution is -0.131. The van der Waals surface area contributed by atoms with E-state index in [-0.39, 0.29) is 11.8 Å². The Morgan fingerprint density at radius 3 is 3.00 bits per heavy atom. The van der Waals surface area contributed by atoms with Crippen molar-refractivity contribution in [2.24, 2.45) is 0 Å². The van der Waals surface area contributed by atoms with Crippen molar-refractivity contribution in [3.63, 3.8) is 0 Å². The van der Waals surface area contributed by atoms with E-state index in [4.69, 9.17) is 8.94 Å². The maximum Gasteiger partial charge on any atom is 0.248 e. The van der Waals surface area contributed by atoms with Crippen LogP contribution in [0.15, 0.2) is 25.8 Å². The normalized spacial score (nSPS) is 17.6. The first-order chi connectivity index (χ1) is 12.6. The number of piperidine rings is 1. The van der Waals surface area contributed by atoms with Crippen LogP contribution in [0.2, 0.25) is 0 Å². The number of aryl methyl sites for hydroxylation is 2. The van der Waals surface area contributed by atoms with Gasteiger partial charge in [0.15, 0.2) is 0 Å². The quantitative estimate of drug-likeness (QED) is 0.698. The first-order valence-electron chi connectivity index (χ1n) is 8.67. The number of thiophene rings is 1. The SMILES string of the molecule is Cc1noc(C)c1CC(=O)N1CCC[C@H](c2nnc(-c3ccsc3)o2)C1. The zero-order chi connectivity index (χ0) is 18.1.